The molecule has 0 atom stereocenters. The van der Waals surface area contributed by atoms with Crippen molar-refractivity contribution in [2.75, 3.05) is 6.54 Å². The van der Waals surface area contributed by atoms with Crippen molar-refractivity contribution in [3.8, 4) is 0 Å². The summed E-state index contributed by atoms with van der Waals surface area (Å²) in [5.74, 6) is -1.07. The highest BCUT2D eigenvalue weighted by Gasteiger charge is 2.04. The number of aromatic nitrogens is 1. The fraction of sp³-hybridized carbons (Fsp3) is 0.286. The Bertz CT molecular complexity index is 500. The molecule has 0 aliphatic heterocycles. The molecule has 1 heterocycles. The summed E-state index contributed by atoms with van der Waals surface area (Å²) in [6, 6.07) is 7.54. The van der Waals surface area contributed by atoms with Crippen molar-refractivity contribution < 1.29 is 8.78 Å². The number of nitrogens with one attached hydrogen (secondary N) is 1. The second-order valence-electron chi connectivity index (χ2n) is 4.19. The van der Waals surface area contributed by atoms with E-state index in [0.29, 0.717) is 12.1 Å². The predicted octanol–water partition coefficient (Wildman–Crippen LogP) is 2.92. The highest BCUT2D eigenvalue weighted by molar-refractivity contribution is 5.20. The molecule has 2 aromatic rings. The van der Waals surface area contributed by atoms with Crippen molar-refractivity contribution in [1.82, 2.24) is 9.88 Å². The van der Waals surface area contributed by atoms with E-state index in [1.165, 1.54) is 12.1 Å². The summed E-state index contributed by atoms with van der Waals surface area (Å²) >= 11 is 0. The third-order valence-corrected chi connectivity index (χ3v) is 2.75. The normalized spacial score (nSPS) is 10.8. The van der Waals surface area contributed by atoms with Gasteiger partial charge in [-0.1, -0.05) is 6.92 Å². The molecule has 1 aromatic carbocycles. The third-order valence-electron chi connectivity index (χ3n) is 2.75. The Balaban J connectivity index is 2.15. The number of nitrogens with zero attached hydrogens (tertiary/aromatic N) is 1. The van der Waals surface area contributed by atoms with E-state index in [9.17, 15) is 8.78 Å². The lowest BCUT2D eigenvalue weighted by Gasteiger charge is -2.10. The molecule has 0 radical (unpaired) electrons. The summed E-state index contributed by atoms with van der Waals surface area (Å²) in [4.78, 5) is 0. The van der Waals surface area contributed by atoms with Crippen LogP contribution in [0.3, 0.4) is 0 Å². The molecule has 2 nitrogen and oxygen atoms in total. The van der Waals surface area contributed by atoms with E-state index in [-0.39, 0.29) is 0 Å². The van der Waals surface area contributed by atoms with Crippen LogP contribution in [0, 0.1) is 11.6 Å². The molecule has 1 aromatic heterocycles. The first-order valence-corrected chi connectivity index (χ1v) is 5.98. The Kier molecular flexibility index (Phi) is 4.10. The molecule has 0 saturated carbocycles. The SMILES string of the molecule is CCNCc1cccn1Cc1cc(F)cc(F)c1. The topological polar surface area (TPSA) is 17.0 Å². The van der Waals surface area contributed by atoms with Gasteiger partial charge >= 0.3 is 0 Å². The lowest BCUT2D eigenvalue weighted by molar-refractivity contribution is 0.576. The van der Waals surface area contributed by atoms with E-state index in [4.69, 9.17) is 0 Å². The van der Waals surface area contributed by atoms with Gasteiger partial charge < -0.3 is 9.88 Å². The minimum Gasteiger partial charge on any atom is -0.346 e. The summed E-state index contributed by atoms with van der Waals surface area (Å²) in [5, 5.41) is 3.23. The van der Waals surface area contributed by atoms with Gasteiger partial charge in [0.1, 0.15) is 11.6 Å². The molecule has 0 saturated heterocycles. The second kappa shape index (κ2) is 5.78. The molecule has 0 aliphatic rings. The standard InChI is InChI=1S/C14H16F2N2/c1-2-17-9-14-4-3-5-18(14)10-11-6-12(15)8-13(16)7-11/h3-8,17H,2,9-10H2,1H3. The van der Waals surface area contributed by atoms with Crippen molar-refractivity contribution in [2.45, 2.75) is 20.0 Å². The first-order chi connectivity index (χ1) is 8.69. The molecular formula is C14H16F2N2. The maximum atomic E-state index is 13.1. The summed E-state index contributed by atoms with van der Waals surface area (Å²) in [6.07, 6.45) is 1.91. The summed E-state index contributed by atoms with van der Waals surface area (Å²) in [6.45, 7) is 4.15. The maximum absolute atomic E-state index is 13.1. The van der Waals surface area contributed by atoms with E-state index < -0.39 is 11.6 Å². The number of rotatable bonds is 5. The Hall–Kier alpha value is -1.68. The average Bonchev–Trinajstić information content (AvgIpc) is 2.72. The Labute approximate surface area is 105 Å². The van der Waals surface area contributed by atoms with Crippen LogP contribution < -0.4 is 5.32 Å². The summed E-state index contributed by atoms with van der Waals surface area (Å²) in [5.41, 5.74) is 1.72. The Morgan fingerprint density at radius 2 is 1.89 bits per heavy atom. The van der Waals surface area contributed by atoms with Gasteiger partial charge in [-0.15, -0.1) is 0 Å². The molecule has 0 aliphatic carbocycles. The van der Waals surface area contributed by atoms with Gasteiger partial charge in [-0.05, 0) is 36.4 Å². The lowest BCUT2D eigenvalue weighted by Crippen LogP contribution is -2.15. The van der Waals surface area contributed by atoms with Crippen LogP contribution in [0.2, 0.25) is 0 Å². The second-order valence-corrected chi connectivity index (χ2v) is 4.19. The van der Waals surface area contributed by atoms with E-state index in [1.807, 2.05) is 29.8 Å². The molecule has 1 N–H and O–H groups in total. The minimum absolute atomic E-state index is 0.475. The zero-order valence-corrected chi connectivity index (χ0v) is 10.3. The van der Waals surface area contributed by atoms with Crippen LogP contribution in [0.25, 0.3) is 0 Å². The van der Waals surface area contributed by atoms with E-state index >= 15 is 0 Å². The highest BCUT2D eigenvalue weighted by Crippen LogP contribution is 2.11. The predicted molar refractivity (Wildman–Crippen MR) is 67.3 cm³/mol. The van der Waals surface area contributed by atoms with Crippen molar-refractivity contribution in [2.24, 2.45) is 0 Å². The average molecular weight is 250 g/mol. The molecule has 96 valence electrons. The zero-order chi connectivity index (χ0) is 13.0. The maximum Gasteiger partial charge on any atom is 0.126 e. The number of hydrogen-bond donors (Lipinski definition) is 1. The fourth-order valence-corrected chi connectivity index (χ4v) is 1.92. The first kappa shape index (κ1) is 12.8. The van der Waals surface area contributed by atoms with Crippen molar-refractivity contribution in [3.05, 3.63) is 59.4 Å². The van der Waals surface area contributed by atoms with Crippen molar-refractivity contribution in [1.29, 1.82) is 0 Å². The van der Waals surface area contributed by atoms with Gasteiger partial charge in [0.25, 0.3) is 0 Å². The lowest BCUT2D eigenvalue weighted by atomic mass is 10.2. The van der Waals surface area contributed by atoms with E-state index in [2.05, 4.69) is 5.32 Å². The van der Waals surface area contributed by atoms with Gasteiger partial charge in [0, 0.05) is 31.0 Å². The van der Waals surface area contributed by atoms with Crippen LogP contribution >= 0.6 is 0 Å². The van der Waals surface area contributed by atoms with Gasteiger partial charge in [0.05, 0.1) is 0 Å². The molecule has 0 amide bonds. The molecule has 0 spiro atoms. The van der Waals surface area contributed by atoms with Crippen LogP contribution in [-0.2, 0) is 13.1 Å². The van der Waals surface area contributed by atoms with Gasteiger partial charge in [0.15, 0.2) is 0 Å². The van der Waals surface area contributed by atoms with Crippen molar-refractivity contribution in [3.63, 3.8) is 0 Å². The van der Waals surface area contributed by atoms with Crippen LogP contribution in [0.5, 0.6) is 0 Å². The summed E-state index contributed by atoms with van der Waals surface area (Å²) in [7, 11) is 0. The van der Waals surface area contributed by atoms with Crippen LogP contribution in [0.4, 0.5) is 8.78 Å². The van der Waals surface area contributed by atoms with Gasteiger partial charge in [0.2, 0.25) is 0 Å². The van der Waals surface area contributed by atoms with E-state index in [1.54, 1.807) is 0 Å². The fourth-order valence-electron chi connectivity index (χ4n) is 1.92. The quantitative estimate of drug-likeness (QED) is 0.863. The van der Waals surface area contributed by atoms with Gasteiger partial charge in [-0.2, -0.15) is 0 Å². The zero-order valence-electron chi connectivity index (χ0n) is 10.3. The first-order valence-electron chi connectivity index (χ1n) is 5.98. The largest absolute Gasteiger partial charge is 0.346 e. The van der Waals surface area contributed by atoms with Crippen LogP contribution in [0.1, 0.15) is 18.2 Å². The third kappa shape index (κ3) is 3.17. The molecule has 0 unspecified atom stereocenters. The van der Waals surface area contributed by atoms with Gasteiger partial charge in [-0.3, -0.25) is 0 Å². The molecular weight excluding hydrogens is 234 g/mol. The molecule has 4 heteroatoms. The Morgan fingerprint density at radius 3 is 2.56 bits per heavy atom. The number of halogens is 2. The molecule has 18 heavy (non-hydrogen) atoms. The molecule has 2 rings (SSSR count). The van der Waals surface area contributed by atoms with Gasteiger partial charge in [-0.25, -0.2) is 8.78 Å². The monoisotopic (exact) mass is 250 g/mol. The smallest absolute Gasteiger partial charge is 0.126 e. The highest BCUT2D eigenvalue weighted by atomic mass is 19.1. The van der Waals surface area contributed by atoms with Crippen LogP contribution in [0.15, 0.2) is 36.5 Å². The molecule has 0 bridgehead atoms. The minimum atomic E-state index is -0.537. The summed E-state index contributed by atoms with van der Waals surface area (Å²) < 4.78 is 28.2. The van der Waals surface area contributed by atoms with E-state index in [0.717, 1.165) is 24.8 Å². The Morgan fingerprint density at radius 1 is 1.17 bits per heavy atom. The number of hydrogen-bond acceptors (Lipinski definition) is 1. The van der Waals surface area contributed by atoms with Crippen molar-refractivity contribution >= 4 is 0 Å². The molecule has 0 fully saturated rings. The van der Waals surface area contributed by atoms with Crippen LogP contribution in [-0.4, -0.2) is 11.1 Å². The number of benzene rings is 1.